The van der Waals surface area contributed by atoms with Crippen LogP contribution in [0.2, 0.25) is 5.02 Å². The van der Waals surface area contributed by atoms with Crippen molar-refractivity contribution in [2.75, 3.05) is 6.61 Å². The van der Waals surface area contributed by atoms with Crippen LogP contribution in [0.3, 0.4) is 0 Å². The predicted molar refractivity (Wildman–Crippen MR) is 161 cm³/mol. The highest BCUT2D eigenvalue weighted by Gasteiger charge is 2.33. The van der Waals surface area contributed by atoms with Crippen LogP contribution in [0.5, 0.6) is 5.75 Å². The molecule has 1 atom stereocenters. The summed E-state index contributed by atoms with van der Waals surface area (Å²) in [5, 5.41) is 0.423. The Hall–Kier alpha value is -3.53. The molecule has 41 heavy (non-hydrogen) atoms. The number of fused-ring (bicyclic) bond motifs is 1. The fraction of sp³-hybridized carbons (Fsp3) is 0.194. The summed E-state index contributed by atoms with van der Waals surface area (Å²) in [6.07, 6.45) is 1.67. The van der Waals surface area contributed by atoms with Crippen LogP contribution in [0.4, 0.5) is 4.39 Å². The van der Waals surface area contributed by atoms with Crippen LogP contribution >= 0.6 is 38.9 Å². The van der Waals surface area contributed by atoms with E-state index in [0.29, 0.717) is 47.0 Å². The van der Waals surface area contributed by atoms with Crippen molar-refractivity contribution in [3.05, 3.63) is 129 Å². The second-order valence-electron chi connectivity index (χ2n) is 9.40. The Kier molecular flexibility index (Phi) is 8.58. The van der Waals surface area contributed by atoms with Gasteiger partial charge in [0.05, 0.1) is 32.9 Å². The number of aromatic nitrogens is 1. The minimum atomic E-state index is -0.712. The van der Waals surface area contributed by atoms with Crippen molar-refractivity contribution in [2.24, 2.45) is 4.99 Å². The van der Waals surface area contributed by atoms with Gasteiger partial charge in [-0.15, -0.1) is 0 Å². The van der Waals surface area contributed by atoms with Gasteiger partial charge in [0.2, 0.25) is 0 Å². The second-order valence-corrected chi connectivity index (χ2v) is 11.7. The Balaban J connectivity index is 1.65. The number of esters is 1. The molecular formula is C31H25BrClFN2O4S. The van der Waals surface area contributed by atoms with Crippen LogP contribution < -0.4 is 19.6 Å². The smallest absolute Gasteiger partial charge is 0.338 e. The maximum atomic E-state index is 14.2. The number of halogens is 3. The van der Waals surface area contributed by atoms with E-state index in [1.165, 1.54) is 22.0 Å². The van der Waals surface area contributed by atoms with Crippen molar-refractivity contribution >= 4 is 50.9 Å². The number of hydrogen-bond donors (Lipinski definition) is 0. The third-order valence-corrected chi connectivity index (χ3v) is 8.35. The lowest BCUT2D eigenvalue weighted by molar-refractivity contribution is -0.139. The van der Waals surface area contributed by atoms with Crippen molar-refractivity contribution in [2.45, 2.75) is 33.4 Å². The zero-order valence-electron chi connectivity index (χ0n) is 22.4. The number of thiazole rings is 1. The Morgan fingerprint density at radius 3 is 2.61 bits per heavy atom. The van der Waals surface area contributed by atoms with Gasteiger partial charge in [-0.1, -0.05) is 71.0 Å². The number of nitrogens with zero attached hydrogens (tertiary/aromatic N) is 2. The van der Waals surface area contributed by atoms with Crippen LogP contribution in [0.25, 0.3) is 6.08 Å². The number of rotatable bonds is 7. The Labute approximate surface area is 253 Å². The van der Waals surface area contributed by atoms with Crippen LogP contribution in [0.15, 0.2) is 86.2 Å². The molecule has 0 saturated heterocycles. The molecule has 0 N–H and O–H groups in total. The van der Waals surface area contributed by atoms with Gasteiger partial charge in [0.15, 0.2) is 4.80 Å². The normalized spacial score (nSPS) is 15.0. The molecule has 1 aliphatic heterocycles. The maximum absolute atomic E-state index is 14.2. The van der Waals surface area contributed by atoms with E-state index in [0.717, 1.165) is 11.1 Å². The number of ether oxygens (including phenoxy) is 2. The number of hydrogen-bond acceptors (Lipinski definition) is 6. The lowest BCUT2D eigenvalue weighted by atomic mass is 9.95. The number of allylic oxidation sites excluding steroid dienone is 1. The molecule has 210 valence electrons. The van der Waals surface area contributed by atoms with E-state index < -0.39 is 12.0 Å². The van der Waals surface area contributed by atoms with Gasteiger partial charge in [0, 0.05) is 16.1 Å². The second kappa shape index (κ2) is 12.1. The fourth-order valence-corrected chi connectivity index (χ4v) is 6.59. The molecule has 4 aromatic rings. The molecule has 0 saturated carbocycles. The summed E-state index contributed by atoms with van der Waals surface area (Å²) in [4.78, 5) is 32.1. The average Bonchev–Trinajstić information content (AvgIpc) is 3.23. The van der Waals surface area contributed by atoms with Gasteiger partial charge < -0.3 is 9.47 Å². The summed E-state index contributed by atoms with van der Waals surface area (Å²) >= 11 is 11.1. The molecule has 0 aliphatic carbocycles. The van der Waals surface area contributed by atoms with E-state index in [-0.39, 0.29) is 24.6 Å². The third kappa shape index (κ3) is 5.93. The van der Waals surface area contributed by atoms with Crippen LogP contribution in [-0.4, -0.2) is 17.1 Å². The van der Waals surface area contributed by atoms with Crippen molar-refractivity contribution < 1.29 is 18.7 Å². The standard InChI is InChI=1S/C31H25BrClFN2O4S/c1-4-39-30(38)26-18(3)35-31-36(27(26)19-11-9-17(2)10-12-19)29(37)25(41-31)14-21-13-22(33)15-23(32)28(21)40-16-20-7-5-6-8-24(20)34/h5-15,27H,4,16H2,1-3H3/b25-14-/t27-/m1/s1. The topological polar surface area (TPSA) is 69.9 Å². The first kappa shape index (κ1) is 29.0. The monoisotopic (exact) mass is 654 g/mol. The first-order valence-corrected chi connectivity index (χ1v) is 14.8. The zero-order chi connectivity index (χ0) is 29.3. The minimum absolute atomic E-state index is 0.0233. The molecule has 0 bridgehead atoms. The molecule has 1 aliphatic rings. The third-order valence-electron chi connectivity index (χ3n) is 6.56. The minimum Gasteiger partial charge on any atom is -0.487 e. The molecule has 0 radical (unpaired) electrons. The Bertz CT molecular complexity index is 1860. The van der Waals surface area contributed by atoms with Gasteiger partial charge in [-0.25, -0.2) is 14.2 Å². The quantitative estimate of drug-likeness (QED) is 0.221. The van der Waals surface area contributed by atoms with Crippen LogP contribution in [0, 0.1) is 12.7 Å². The lowest BCUT2D eigenvalue weighted by Crippen LogP contribution is -2.39. The summed E-state index contributed by atoms with van der Waals surface area (Å²) in [5.74, 6) is -0.491. The van der Waals surface area contributed by atoms with Crippen molar-refractivity contribution in [1.29, 1.82) is 0 Å². The molecule has 0 spiro atoms. The molecule has 1 aromatic heterocycles. The summed E-state index contributed by atoms with van der Waals surface area (Å²) in [6, 6.07) is 16.7. The summed E-state index contributed by atoms with van der Waals surface area (Å²) in [5.41, 5.74) is 3.20. The van der Waals surface area contributed by atoms with Crippen LogP contribution in [0.1, 0.15) is 42.1 Å². The number of carbonyl (C=O) groups excluding carboxylic acids is 1. The van der Waals surface area contributed by atoms with Gasteiger partial charge in [-0.2, -0.15) is 0 Å². The Morgan fingerprint density at radius 2 is 1.90 bits per heavy atom. The maximum Gasteiger partial charge on any atom is 0.338 e. The molecule has 3 aromatic carbocycles. The highest BCUT2D eigenvalue weighted by molar-refractivity contribution is 9.10. The van der Waals surface area contributed by atoms with E-state index in [9.17, 15) is 14.0 Å². The van der Waals surface area contributed by atoms with Crippen LogP contribution in [-0.2, 0) is 16.1 Å². The SMILES string of the molecule is CCOC(=O)C1=C(C)N=c2s/c(=C\c3cc(Cl)cc(Br)c3OCc3ccccc3F)c(=O)n2[C@@H]1c1ccc(C)cc1. The molecule has 0 unspecified atom stereocenters. The highest BCUT2D eigenvalue weighted by Crippen LogP contribution is 2.34. The van der Waals surface area contributed by atoms with Gasteiger partial charge in [0.25, 0.3) is 5.56 Å². The van der Waals surface area contributed by atoms with E-state index in [1.807, 2.05) is 31.2 Å². The molecule has 6 nitrogen and oxygen atoms in total. The van der Waals surface area contributed by atoms with Crippen molar-refractivity contribution in [3.63, 3.8) is 0 Å². The molecule has 0 fully saturated rings. The number of carbonyl (C=O) groups is 1. The average molecular weight is 656 g/mol. The summed E-state index contributed by atoms with van der Waals surface area (Å²) < 4.78 is 28.1. The van der Waals surface area contributed by atoms with E-state index >= 15 is 0 Å². The van der Waals surface area contributed by atoms with E-state index in [1.54, 1.807) is 50.3 Å². The van der Waals surface area contributed by atoms with Crippen molar-refractivity contribution in [3.8, 4) is 5.75 Å². The molecule has 5 rings (SSSR count). The predicted octanol–water partition coefficient (Wildman–Crippen LogP) is 6.24. The van der Waals surface area contributed by atoms with Gasteiger partial charge >= 0.3 is 5.97 Å². The van der Waals surface area contributed by atoms with Gasteiger partial charge in [-0.3, -0.25) is 9.36 Å². The highest BCUT2D eigenvalue weighted by atomic mass is 79.9. The first-order valence-electron chi connectivity index (χ1n) is 12.8. The van der Waals surface area contributed by atoms with Gasteiger partial charge in [-0.05, 0) is 66.5 Å². The number of aryl methyl sites for hydroxylation is 1. The Morgan fingerprint density at radius 1 is 1.17 bits per heavy atom. The van der Waals surface area contributed by atoms with E-state index in [4.69, 9.17) is 21.1 Å². The van der Waals surface area contributed by atoms with E-state index in [2.05, 4.69) is 20.9 Å². The molecule has 2 heterocycles. The molecule has 0 amide bonds. The largest absolute Gasteiger partial charge is 0.487 e. The first-order chi connectivity index (χ1) is 19.7. The van der Waals surface area contributed by atoms with Gasteiger partial charge in [0.1, 0.15) is 18.2 Å². The summed E-state index contributed by atoms with van der Waals surface area (Å²) in [7, 11) is 0. The number of benzene rings is 3. The zero-order valence-corrected chi connectivity index (χ0v) is 25.6. The van der Waals surface area contributed by atoms with Crippen molar-refractivity contribution in [1.82, 2.24) is 4.57 Å². The molecule has 10 heteroatoms. The fourth-order valence-electron chi connectivity index (χ4n) is 4.60. The molecular weight excluding hydrogens is 631 g/mol. The summed E-state index contributed by atoms with van der Waals surface area (Å²) in [6.45, 7) is 5.62. The lowest BCUT2D eigenvalue weighted by Gasteiger charge is -2.24.